The van der Waals surface area contributed by atoms with E-state index in [0.717, 1.165) is 49.5 Å². The lowest BCUT2D eigenvalue weighted by Gasteiger charge is -2.31. The summed E-state index contributed by atoms with van der Waals surface area (Å²) < 4.78 is 7.01. The summed E-state index contributed by atoms with van der Waals surface area (Å²) in [7, 11) is 0. The summed E-state index contributed by atoms with van der Waals surface area (Å²) in [5.41, 5.74) is 1.69. The van der Waals surface area contributed by atoms with Crippen LogP contribution in [0.25, 0.3) is 5.65 Å². The molecule has 29 heavy (non-hydrogen) atoms. The van der Waals surface area contributed by atoms with Crippen LogP contribution in [0.5, 0.6) is 5.75 Å². The first-order valence-electron chi connectivity index (χ1n) is 10.0. The molecule has 152 valence electrons. The van der Waals surface area contributed by atoms with Crippen LogP contribution in [0.3, 0.4) is 0 Å². The number of aromatic nitrogens is 5. The van der Waals surface area contributed by atoms with Gasteiger partial charge in [0.2, 0.25) is 5.91 Å². The molecule has 0 radical (unpaired) electrons. The molecule has 9 heteroatoms. The molecule has 0 saturated carbocycles. The Hall–Kier alpha value is -3.23. The summed E-state index contributed by atoms with van der Waals surface area (Å²) in [5.74, 6) is 1.83. The lowest BCUT2D eigenvalue weighted by molar-refractivity contribution is -0.125. The molecule has 0 aliphatic carbocycles. The van der Waals surface area contributed by atoms with Crippen LogP contribution in [0, 0.1) is 5.92 Å². The van der Waals surface area contributed by atoms with Crippen LogP contribution in [0.2, 0.25) is 0 Å². The zero-order valence-electron chi connectivity index (χ0n) is 16.5. The Morgan fingerprint density at radius 1 is 1.17 bits per heavy atom. The number of ether oxygens (including phenoxy) is 1. The van der Waals surface area contributed by atoms with Gasteiger partial charge in [-0.2, -0.15) is 0 Å². The summed E-state index contributed by atoms with van der Waals surface area (Å²) in [6.07, 6.45) is 2.58. The number of benzene rings is 1. The topological polar surface area (TPSA) is 97.5 Å². The Bertz CT molecular complexity index is 949. The summed E-state index contributed by atoms with van der Waals surface area (Å²) in [5, 5.41) is 18.8. The third kappa shape index (κ3) is 4.61. The largest absolute Gasteiger partial charge is 0.494 e. The number of tetrazole rings is 1. The third-order valence-corrected chi connectivity index (χ3v) is 5.11. The maximum Gasteiger partial charge on any atom is 0.223 e. The number of hydrogen-bond acceptors (Lipinski definition) is 7. The van der Waals surface area contributed by atoms with E-state index in [1.54, 1.807) is 0 Å². The predicted molar refractivity (Wildman–Crippen MR) is 108 cm³/mol. The molecule has 1 fully saturated rings. The van der Waals surface area contributed by atoms with Crippen LogP contribution < -0.4 is 15.0 Å². The zero-order valence-corrected chi connectivity index (χ0v) is 16.5. The predicted octanol–water partition coefficient (Wildman–Crippen LogP) is 1.84. The van der Waals surface area contributed by atoms with Crippen molar-refractivity contribution in [3.63, 3.8) is 0 Å². The number of hydrogen-bond donors (Lipinski definition) is 1. The standard InChI is InChI=1S/C20H25N7O2/c1-2-13-29-17-5-3-15(4-6-17)14-21-20(28)16-9-11-26(12-10-16)19-8-7-18-22-24-25-27(18)23-19/h3-8,16H,2,9-14H2,1H3,(H,21,28). The average molecular weight is 395 g/mol. The molecule has 1 N–H and O–H groups in total. The molecule has 9 nitrogen and oxygen atoms in total. The summed E-state index contributed by atoms with van der Waals surface area (Å²) in [4.78, 5) is 14.7. The van der Waals surface area contributed by atoms with Crippen molar-refractivity contribution in [3.05, 3.63) is 42.0 Å². The van der Waals surface area contributed by atoms with Crippen molar-refractivity contribution < 1.29 is 9.53 Å². The number of nitrogens with zero attached hydrogens (tertiary/aromatic N) is 6. The van der Waals surface area contributed by atoms with Crippen molar-refractivity contribution in [1.82, 2.24) is 30.6 Å². The van der Waals surface area contributed by atoms with Crippen LogP contribution in [0.1, 0.15) is 31.7 Å². The Kier molecular flexibility index (Phi) is 5.83. The van der Waals surface area contributed by atoms with Gasteiger partial charge in [0.05, 0.1) is 6.61 Å². The monoisotopic (exact) mass is 395 g/mol. The van der Waals surface area contributed by atoms with E-state index in [-0.39, 0.29) is 11.8 Å². The molecule has 2 aromatic heterocycles. The molecule has 3 heterocycles. The smallest absolute Gasteiger partial charge is 0.223 e. The highest BCUT2D eigenvalue weighted by molar-refractivity contribution is 5.79. The number of fused-ring (bicyclic) bond motifs is 1. The lowest BCUT2D eigenvalue weighted by atomic mass is 9.96. The quantitative estimate of drug-likeness (QED) is 0.652. The number of rotatable bonds is 7. The fourth-order valence-corrected chi connectivity index (χ4v) is 3.44. The van der Waals surface area contributed by atoms with Crippen molar-refractivity contribution in [2.75, 3.05) is 24.6 Å². The van der Waals surface area contributed by atoms with Gasteiger partial charge in [-0.1, -0.05) is 19.1 Å². The number of anilines is 1. The lowest BCUT2D eigenvalue weighted by Crippen LogP contribution is -2.40. The molecule has 1 aliphatic rings. The molecular formula is C20H25N7O2. The van der Waals surface area contributed by atoms with Crippen molar-refractivity contribution in [2.24, 2.45) is 5.92 Å². The number of carbonyl (C=O) groups is 1. The molecule has 1 amide bonds. The molecule has 0 spiro atoms. The van der Waals surface area contributed by atoms with Gasteiger partial charge in [0, 0.05) is 25.6 Å². The molecular weight excluding hydrogens is 370 g/mol. The first-order chi connectivity index (χ1) is 14.2. The van der Waals surface area contributed by atoms with Gasteiger partial charge in [-0.15, -0.1) is 14.8 Å². The van der Waals surface area contributed by atoms with Crippen molar-refractivity contribution in [2.45, 2.75) is 32.7 Å². The Labute approximate surface area is 169 Å². The second-order valence-corrected chi connectivity index (χ2v) is 7.19. The van der Waals surface area contributed by atoms with Gasteiger partial charge in [0.1, 0.15) is 5.75 Å². The van der Waals surface area contributed by atoms with Crippen LogP contribution in [-0.2, 0) is 11.3 Å². The summed E-state index contributed by atoms with van der Waals surface area (Å²) in [6.45, 7) is 4.89. The Morgan fingerprint density at radius 2 is 1.97 bits per heavy atom. The summed E-state index contributed by atoms with van der Waals surface area (Å²) in [6, 6.07) is 11.7. The van der Waals surface area contributed by atoms with Gasteiger partial charge in [-0.05, 0) is 59.5 Å². The van der Waals surface area contributed by atoms with Gasteiger partial charge in [0.25, 0.3) is 0 Å². The van der Waals surface area contributed by atoms with E-state index in [1.807, 2.05) is 36.4 Å². The van der Waals surface area contributed by atoms with Crippen molar-refractivity contribution in [3.8, 4) is 5.75 Å². The van der Waals surface area contributed by atoms with Crippen LogP contribution in [0.4, 0.5) is 5.82 Å². The minimum atomic E-state index is 0.0233. The van der Waals surface area contributed by atoms with E-state index in [4.69, 9.17) is 4.74 Å². The highest BCUT2D eigenvalue weighted by Gasteiger charge is 2.25. The SMILES string of the molecule is CCCOc1ccc(CNC(=O)C2CCN(c3ccc4nnnn4n3)CC2)cc1. The van der Waals surface area contributed by atoms with Crippen molar-refractivity contribution >= 4 is 17.4 Å². The molecule has 1 aliphatic heterocycles. The summed E-state index contributed by atoms with van der Waals surface area (Å²) >= 11 is 0. The first-order valence-corrected chi connectivity index (χ1v) is 10.0. The normalized spacial score (nSPS) is 14.9. The molecule has 4 rings (SSSR count). The molecule has 1 aromatic carbocycles. The highest BCUT2D eigenvalue weighted by Crippen LogP contribution is 2.22. The zero-order chi connectivity index (χ0) is 20.1. The van der Waals surface area contributed by atoms with Gasteiger partial charge in [-0.3, -0.25) is 4.79 Å². The van der Waals surface area contributed by atoms with Crippen LogP contribution >= 0.6 is 0 Å². The van der Waals surface area contributed by atoms with Gasteiger partial charge in [-0.25, -0.2) is 0 Å². The van der Waals surface area contributed by atoms with Gasteiger partial charge in [0.15, 0.2) is 11.5 Å². The van der Waals surface area contributed by atoms with Gasteiger partial charge >= 0.3 is 0 Å². The van der Waals surface area contributed by atoms with E-state index in [2.05, 4.69) is 37.8 Å². The van der Waals surface area contributed by atoms with Crippen LogP contribution in [-0.4, -0.2) is 50.9 Å². The fourth-order valence-electron chi connectivity index (χ4n) is 3.44. The van der Waals surface area contributed by atoms with Crippen LogP contribution in [0.15, 0.2) is 36.4 Å². The maximum absolute atomic E-state index is 12.6. The molecule has 3 aromatic rings. The second-order valence-electron chi connectivity index (χ2n) is 7.19. The fraction of sp³-hybridized carbons (Fsp3) is 0.450. The molecule has 0 bridgehead atoms. The number of nitrogens with one attached hydrogen (secondary N) is 1. The first kappa shape index (κ1) is 19.1. The number of carbonyl (C=O) groups excluding carboxylic acids is 1. The molecule has 0 unspecified atom stereocenters. The van der Waals surface area contributed by atoms with E-state index < -0.39 is 0 Å². The Balaban J connectivity index is 1.25. The molecule has 0 atom stereocenters. The third-order valence-electron chi connectivity index (χ3n) is 5.11. The van der Waals surface area contributed by atoms with Gasteiger partial charge < -0.3 is 15.0 Å². The average Bonchev–Trinajstić information content (AvgIpc) is 3.25. The minimum absolute atomic E-state index is 0.0233. The second kappa shape index (κ2) is 8.85. The maximum atomic E-state index is 12.6. The molecule has 1 saturated heterocycles. The minimum Gasteiger partial charge on any atom is -0.494 e. The van der Waals surface area contributed by atoms with E-state index >= 15 is 0 Å². The Morgan fingerprint density at radius 3 is 2.72 bits per heavy atom. The van der Waals surface area contributed by atoms with E-state index in [1.165, 1.54) is 4.63 Å². The number of amides is 1. The van der Waals surface area contributed by atoms with E-state index in [9.17, 15) is 4.79 Å². The van der Waals surface area contributed by atoms with E-state index in [0.29, 0.717) is 18.8 Å². The highest BCUT2D eigenvalue weighted by atomic mass is 16.5. The van der Waals surface area contributed by atoms with Crippen molar-refractivity contribution in [1.29, 1.82) is 0 Å². The number of piperidine rings is 1.